The molecule has 2 unspecified atom stereocenters. The largest absolute Gasteiger partial charge is 0.472 e. The second kappa shape index (κ2) is 40.5. The van der Waals surface area contributed by atoms with E-state index in [4.69, 9.17) is 23.8 Å². The first kappa shape index (κ1) is 58.7. The van der Waals surface area contributed by atoms with Crippen LogP contribution in [0.25, 0.3) is 0 Å². The molecule has 0 aliphatic carbocycles. The molecule has 0 aromatic heterocycles. The van der Waals surface area contributed by atoms with Crippen LogP contribution in [0.5, 0.6) is 0 Å². The second-order valence-electron chi connectivity index (χ2n) is 14.1. The average Bonchev–Trinajstić information content (AvgIpc) is 3.23. The van der Waals surface area contributed by atoms with Crippen molar-refractivity contribution in [2.45, 2.75) is 141 Å². The van der Waals surface area contributed by atoms with E-state index in [0.717, 1.165) is 44.9 Å². The van der Waals surface area contributed by atoms with Crippen LogP contribution in [0.15, 0.2) is 109 Å². The minimum Gasteiger partial charge on any atom is -0.462 e. The van der Waals surface area contributed by atoms with E-state index in [2.05, 4.69) is 52.4 Å². The molecular weight excluding hydrogens is 838 g/mol. The zero-order chi connectivity index (χ0) is 46.0. The van der Waals surface area contributed by atoms with Gasteiger partial charge in [-0.3, -0.25) is 23.2 Å². The molecule has 4 atom stereocenters. The van der Waals surface area contributed by atoms with Crippen LogP contribution in [0.2, 0.25) is 0 Å². The molecule has 16 heteroatoms. The number of esters is 2. The van der Waals surface area contributed by atoms with Crippen molar-refractivity contribution in [3.05, 3.63) is 109 Å². The first-order valence-electron chi connectivity index (χ1n) is 21.7. The Hall–Kier alpha value is -3.26. The highest BCUT2D eigenvalue weighted by molar-refractivity contribution is 7.47. The van der Waals surface area contributed by atoms with E-state index in [1.807, 2.05) is 73.8 Å². The Morgan fingerprint density at radius 1 is 0.548 bits per heavy atom. The molecule has 0 aromatic carbocycles. The van der Waals surface area contributed by atoms with E-state index in [1.54, 1.807) is 6.08 Å². The highest BCUT2D eigenvalue weighted by atomic mass is 31.2. The number of carbonyl (C=O) groups is 2. The van der Waals surface area contributed by atoms with Gasteiger partial charge < -0.3 is 34.4 Å². The van der Waals surface area contributed by atoms with Gasteiger partial charge in [-0.15, -0.1) is 0 Å². The third-order valence-corrected chi connectivity index (χ3v) is 9.65. The summed E-state index contributed by atoms with van der Waals surface area (Å²) in [6, 6.07) is 0. The number of phosphoric acid groups is 2. The molecule has 0 amide bonds. The SMILES string of the molecule is CC/C=C\C(O)C/C=C/C=C\C/C=C\C/C=C\CCCC(=O)O[C@H](COC(=O)CCC/C=C\C/C=C\C/C=C\C/C=C\CCCCC)COP(=O)(O)OC[C@@H](O)COP(=O)(O)O. The van der Waals surface area contributed by atoms with Gasteiger partial charge in [-0.2, -0.15) is 0 Å². The van der Waals surface area contributed by atoms with Crippen molar-refractivity contribution in [1.82, 2.24) is 0 Å². The number of unbranched alkanes of at least 4 members (excludes halogenated alkanes) is 5. The van der Waals surface area contributed by atoms with Crippen LogP contribution in [-0.4, -0.2) is 81.6 Å². The van der Waals surface area contributed by atoms with Gasteiger partial charge in [0, 0.05) is 12.8 Å². The minimum absolute atomic E-state index is 0.0168. The third kappa shape index (κ3) is 43.4. The molecule has 0 fully saturated rings. The molecule has 0 spiro atoms. The number of aliphatic hydroxyl groups excluding tert-OH is 2. The molecule has 5 N–H and O–H groups in total. The molecule has 0 aliphatic rings. The topological polar surface area (TPSA) is 216 Å². The van der Waals surface area contributed by atoms with Crippen LogP contribution in [0.4, 0.5) is 0 Å². The lowest BCUT2D eigenvalue weighted by Crippen LogP contribution is -2.29. The fourth-order valence-electron chi connectivity index (χ4n) is 4.92. The van der Waals surface area contributed by atoms with Gasteiger partial charge in [-0.25, -0.2) is 9.13 Å². The second-order valence-corrected chi connectivity index (χ2v) is 16.8. The van der Waals surface area contributed by atoms with Crippen molar-refractivity contribution < 1.29 is 66.7 Å². The molecule has 352 valence electrons. The highest BCUT2D eigenvalue weighted by Gasteiger charge is 2.28. The van der Waals surface area contributed by atoms with Crippen molar-refractivity contribution in [2.24, 2.45) is 0 Å². The number of hydrogen-bond acceptors (Lipinski definition) is 11. The molecule has 0 bridgehead atoms. The van der Waals surface area contributed by atoms with Crippen LogP contribution >= 0.6 is 15.6 Å². The predicted octanol–water partition coefficient (Wildman–Crippen LogP) is 10.1. The molecule has 0 radical (unpaired) electrons. The monoisotopic (exact) mass is 912 g/mol. The van der Waals surface area contributed by atoms with Gasteiger partial charge in [0.2, 0.25) is 0 Å². The van der Waals surface area contributed by atoms with E-state index in [0.29, 0.717) is 32.1 Å². The molecule has 62 heavy (non-hydrogen) atoms. The van der Waals surface area contributed by atoms with Gasteiger partial charge in [-0.05, 0) is 83.5 Å². The zero-order valence-electron chi connectivity index (χ0n) is 36.8. The van der Waals surface area contributed by atoms with E-state index in [1.165, 1.54) is 19.3 Å². The quantitative estimate of drug-likeness (QED) is 0.0128. The Balaban J connectivity index is 4.76. The smallest absolute Gasteiger partial charge is 0.462 e. The summed E-state index contributed by atoms with van der Waals surface area (Å²) in [5, 5.41) is 19.5. The number of hydrogen-bond donors (Lipinski definition) is 5. The highest BCUT2D eigenvalue weighted by Crippen LogP contribution is 2.43. The Labute approximate surface area is 370 Å². The van der Waals surface area contributed by atoms with E-state index >= 15 is 0 Å². The summed E-state index contributed by atoms with van der Waals surface area (Å²) in [4.78, 5) is 52.6. The molecule has 0 saturated carbocycles. The third-order valence-electron chi connectivity index (χ3n) is 8.21. The van der Waals surface area contributed by atoms with Crippen LogP contribution in [0.3, 0.4) is 0 Å². The summed E-state index contributed by atoms with van der Waals surface area (Å²) in [5.41, 5.74) is 0. The normalized spacial score (nSPS) is 15.5. The van der Waals surface area contributed by atoms with Crippen molar-refractivity contribution in [2.75, 3.05) is 26.4 Å². The predicted molar refractivity (Wildman–Crippen MR) is 245 cm³/mol. The number of rotatable bonds is 39. The molecule has 0 aromatic rings. The van der Waals surface area contributed by atoms with Gasteiger partial charge >= 0.3 is 27.6 Å². The summed E-state index contributed by atoms with van der Waals surface area (Å²) in [6.07, 6.45) is 45.8. The van der Waals surface area contributed by atoms with Gasteiger partial charge in [0.15, 0.2) is 6.10 Å². The van der Waals surface area contributed by atoms with E-state index < -0.39 is 72.3 Å². The maximum absolute atomic E-state index is 12.6. The van der Waals surface area contributed by atoms with E-state index in [-0.39, 0.29) is 12.8 Å². The van der Waals surface area contributed by atoms with Crippen LogP contribution in [-0.2, 0) is 41.8 Å². The number of allylic oxidation sites excluding steroid dienone is 16. The van der Waals surface area contributed by atoms with Crippen molar-refractivity contribution in [3.63, 3.8) is 0 Å². The van der Waals surface area contributed by atoms with Crippen molar-refractivity contribution >= 4 is 27.6 Å². The first-order chi connectivity index (χ1) is 29.8. The number of ether oxygens (including phenoxy) is 2. The summed E-state index contributed by atoms with van der Waals surface area (Å²) in [7, 11) is -9.74. The fourth-order valence-corrected chi connectivity index (χ4v) is 6.08. The van der Waals surface area contributed by atoms with Crippen LogP contribution < -0.4 is 0 Å². The standard InChI is InChI=1S/C46H74O14P2/c1-3-5-7-8-9-10-11-12-13-14-15-16-20-23-26-29-32-36-45(49)56-40-44(41-59-62(54,55)58-39-43(48)38-57-61(51,52)53)60-46(50)37-33-30-27-24-21-18-17-19-22-25-28-31-35-42(47)34-6-4-2/h6,9-10,12-13,15-18,22-28,31,34,42-44,47-48H,3-5,7-8,11,14,19-21,29-30,32-33,35-41H2,1-2H3,(H,54,55)(H2,51,52,53)/b10-9-,13-12-,16-15-,18-17-,25-22-,26-23-,27-24-,31-28+,34-6-/t42?,43-,44+/m0/s1. The average molecular weight is 913 g/mol. The summed E-state index contributed by atoms with van der Waals surface area (Å²) < 4.78 is 47.6. The fraction of sp³-hybridized carbons (Fsp3) is 0.565. The van der Waals surface area contributed by atoms with Crippen LogP contribution in [0.1, 0.15) is 123 Å². The lowest BCUT2D eigenvalue weighted by molar-refractivity contribution is -0.161. The maximum Gasteiger partial charge on any atom is 0.472 e. The van der Waals surface area contributed by atoms with Gasteiger partial charge in [0.1, 0.15) is 12.7 Å². The lowest BCUT2D eigenvalue weighted by Gasteiger charge is -2.20. The summed E-state index contributed by atoms with van der Waals surface area (Å²) >= 11 is 0. The van der Waals surface area contributed by atoms with Crippen molar-refractivity contribution in [3.8, 4) is 0 Å². The first-order valence-corrected chi connectivity index (χ1v) is 24.7. The molecule has 0 rings (SSSR count). The molecule has 14 nitrogen and oxygen atoms in total. The summed E-state index contributed by atoms with van der Waals surface area (Å²) in [5.74, 6) is -1.20. The lowest BCUT2D eigenvalue weighted by atomic mass is 10.2. The number of carbonyl (C=O) groups excluding carboxylic acids is 2. The Morgan fingerprint density at radius 3 is 1.58 bits per heavy atom. The Morgan fingerprint density at radius 2 is 1.03 bits per heavy atom. The van der Waals surface area contributed by atoms with Crippen molar-refractivity contribution in [1.29, 1.82) is 0 Å². The zero-order valence-corrected chi connectivity index (χ0v) is 38.6. The number of aliphatic hydroxyl groups is 2. The molecule has 0 aliphatic heterocycles. The molecule has 0 saturated heterocycles. The Bertz CT molecular complexity index is 1520. The Kier molecular flexibility index (Phi) is 38.4. The van der Waals surface area contributed by atoms with Crippen LogP contribution in [0, 0.1) is 0 Å². The van der Waals surface area contributed by atoms with Gasteiger partial charge in [0.25, 0.3) is 0 Å². The minimum atomic E-state index is -4.89. The van der Waals surface area contributed by atoms with Gasteiger partial charge in [0.05, 0.1) is 25.9 Å². The van der Waals surface area contributed by atoms with E-state index in [9.17, 15) is 33.8 Å². The number of phosphoric ester groups is 2. The molecule has 0 heterocycles. The maximum atomic E-state index is 12.6. The molecular formula is C46H74O14P2. The van der Waals surface area contributed by atoms with Gasteiger partial charge in [-0.1, -0.05) is 136 Å². The summed E-state index contributed by atoms with van der Waals surface area (Å²) in [6.45, 7) is 1.33.